The van der Waals surface area contributed by atoms with E-state index in [1.165, 1.54) is 11.3 Å². The van der Waals surface area contributed by atoms with Crippen LogP contribution in [0.4, 0.5) is 0 Å². The van der Waals surface area contributed by atoms with Crippen LogP contribution >= 0.6 is 34.5 Å². The van der Waals surface area contributed by atoms with E-state index < -0.39 is 0 Å². The smallest absolute Gasteiger partial charge is 0.265 e. The third kappa shape index (κ3) is 6.11. The van der Waals surface area contributed by atoms with Gasteiger partial charge in [-0.1, -0.05) is 65.7 Å². The Hall–Kier alpha value is -2.61. The summed E-state index contributed by atoms with van der Waals surface area (Å²) in [6.45, 7) is 3.96. The molecule has 0 aliphatic carbocycles. The van der Waals surface area contributed by atoms with Crippen molar-refractivity contribution in [1.29, 1.82) is 0 Å². The van der Waals surface area contributed by atoms with Crippen molar-refractivity contribution < 1.29 is 14.3 Å². The zero-order valence-electron chi connectivity index (χ0n) is 20.5. The van der Waals surface area contributed by atoms with Crippen LogP contribution in [0.15, 0.2) is 72.8 Å². The van der Waals surface area contributed by atoms with Gasteiger partial charge in [-0.25, -0.2) is 0 Å². The van der Waals surface area contributed by atoms with Crippen LogP contribution in [-0.2, 0) is 11.3 Å². The van der Waals surface area contributed by atoms with Crippen LogP contribution in [0.1, 0.15) is 26.9 Å². The first kappa shape index (κ1) is 26.0. The molecule has 2 heterocycles. The van der Waals surface area contributed by atoms with Gasteiger partial charge in [0, 0.05) is 47.8 Å². The number of fused-ring (bicyclic) bond motifs is 1. The van der Waals surface area contributed by atoms with Gasteiger partial charge in [0.25, 0.3) is 5.91 Å². The van der Waals surface area contributed by atoms with Gasteiger partial charge in [-0.05, 0) is 41.5 Å². The number of carbonyl (C=O) groups is 1. The summed E-state index contributed by atoms with van der Waals surface area (Å²) in [5.74, 6) is 0.803. The minimum Gasteiger partial charge on any atom is -0.497 e. The van der Waals surface area contributed by atoms with Crippen LogP contribution in [0.5, 0.6) is 5.75 Å². The largest absolute Gasteiger partial charge is 0.497 e. The van der Waals surface area contributed by atoms with Gasteiger partial charge in [0.15, 0.2) is 0 Å². The van der Waals surface area contributed by atoms with Gasteiger partial charge in [0.2, 0.25) is 0 Å². The highest BCUT2D eigenvalue weighted by atomic mass is 35.5. The molecule has 1 fully saturated rings. The van der Waals surface area contributed by atoms with Crippen LogP contribution in [0.25, 0.3) is 10.1 Å². The molecule has 1 aliphatic heterocycles. The lowest BCUT2D eigenvalue weighted by molar-refractivity contribution is 0.00339. The summed E-state index contributed by atoms with van der Waals surface area (Å²) >= 11 is 14.2. The number of carbonyl (C=O) groups excluding carboxylic acids is 1. The maximum atomic E-state index is 13.3. The second-order valence-corrected chi connectivity index (χ2v) is 10.9. The van der Waals surface area contributed by atoms with Crippen molar-refractivity contribution in [2.75, 3.05) is 39.8 Å². The maximum Gasteiger partial charge on any atom is 0.265 e. The number of hydrogen-bond donors (Lipinski definition) is 0. The Labute approximate surface area is 231 Å². The number of halogens is 2. The molecule has 1 saturated heterocycles. The molecule has 1 amide bonds. The molecule has 37 heavy (non-hydrogen) atoms. The molecule has 5 nitrogen and oxygen atoms in total. The Balaban J connectivity index is 1.25. The normalized spacial score (nSPS) is 15.2. The number of ether oxygens (including phenoxy) is 2. The third-order valence-corrected chi connectivity index (χ3v) is 8.52. The van der Waals surface area contributed by atoms with Crippen LogP contribution in [0, 0.1) is 0 Å². The van der Waals surface area contributed by atoms with Gasteiger partial charge in [0.05, 0.1) is 24.8 Å². The number of nitrogens with zero attached hydrogens (tertiary/aromatic N) is 2. The average Bonchev–Trinajstić information content (AvgIpc) is 3.27. The Bertz CT molecular complexity index is 1380. The van der Waals surface area contributed by atoms with Crippen LogP contribution < -0.4 is 4.74 Å². The van der Waals surface area contributed by atoms with E-state index in [-0.39, 0.29) is 12.0 Å². The Kier molecular flexibility index (Phi) is 8.33. The molecule has 0 bridgehead atoms. The van der Waals surface area contributed by atoms with E-state index in [1.807, 2.05) is 71.6 Å². The Morgan fingerprint density at radius 1 is 0.973 bits per heavy atom. The SMILES string of the molecule is COc1cccc(C(CN2CCN(C(=O)c3sc4ccccc4c3Cl)CC2)OCc2cccc(Cl)c2)c1. The highest BCUT2D eigenvalue weighted by Crippen LogP contribution is 2.36. The zero-order valence-corrected chi connectivity index (χ0v) is 22.9. The fourth-order valence-electron chi connectivity index (χ4n) is 4.58. The first-order chi connectivity index (χ1) is 18.0. The van der Waals surface area contributed by atoms with Crippen molar-refractivity contribution in [3.8, 4) is 5.75 Å². The number of benzene rings is 3. The van der Waals surface area contributed by atoms with Crippen LogP contribution in [0.2, 0.25) is 10.0 Å². The summed E-state index contributed by atoms with van der Waals surface area (Å²) in [6.07, 6.45) is -0.159. The molecule has 8 heteroatoms. The summed E-state index contributed by atoms with van der Waals surface area (Å²) in [4.78, 5) is 18.2. The molecule has 0 radical (unpaired) electrons. The maximum absolute atomic E-state index is 13.3. The average molecular weight is 556 g/mol. The second-order valence-electron chi connectivity index (χ2n) is 9.04. The van der Waals surface area contributed by atoms with E-state index >= 15 is 0 Å². The van der Waals surface area contributed by atoms with Crippen molar-refractivity contribution in [3.05, 3.63) is 98.8 Å². The predicted octanol–water partition coefficient (Wildman–Crippen LogP) is 6.93. The quantitative estimate of drug-likeness (QED) is 0.236. The lowest BCUT2D eigenvalue weighted by Gasteiger charge is -2.36. The molecule has 0 spiro atoms. The number of amides is 1. The lowest BCUT2D eigenvalue weighted by atomic mass is 10.1. The minimum absolute atomic E-state index is 0.00685. The van der Waals surface area contributed by atoms with Crippen LogP contribution in [0.3, 0.4) is 0 Å². The highest BCUT2D eigenvalue weighted by molar-refractivity contribution is 7.21. The number of rotatable bonds is 8. The molecule has 5 rings (SSSR count). The highest BCUT2D eigenvalue weighted by Gasteiger charge is 2.27. The fourth-order valence-corrected chi connectivity index (χ4v) is 6.28. The molecule has 0 N–H and O–H groups in total. The van der Waals surface area contributed by atoms with Crippen molar-refractivity contribution in [2.24, 2.45) is 0 Å². The molecular formula is C29H28Cl2N2O3S. The van der Waals surface area contributed by atoms with E-state index in [1.54, 1.807) is 7.11 Å². The van der Waals surface area contributed by atoms with Crippen LogP contribution in [-0.4, -0.2) is 55.5 Å². The first-order valence-corrected chi connectivity index (χ1v) is 13.8. The molecule has 4 aromatic rings. The van der Waals surface area contributed by atoms with Gasteiger partial charge in [0.1, 0.15) is 10.6 Å². The van der Waals surface area contributed by atoms with Gasteiger partial charge in [-0.3, -0.25) is 9.69 Å². The second kappa shape index (κ2) is 11.8. The van der Waals surface area contributed by atoms with E-state index in [0.717, 1.165) is 40.1 Å². The molecule has 1 aromatic heterocycles. The molecule has 0 saturated carbocycles. The monoisotopic (exact) mass is 554 g/mol. The molecular weight excluding hydrogens is 527 g/mol. The zero-order chi connectivity index (χ0) is 25.8. The topological polar surface area (TPSA) is 42.0 Å². The molecule has 192 valence electrons. The molecule has 1 unspecified atom stereocenters. The Morgan fingerprint density at radius 2 is 1.76 bits per heavy atom. The van der Waals surface area contributed by atoms with Gasteiger partial charge in [-0.2, -0.15) is 0 Å². The fraction of sp³-hybridized carbons (Fsp3) is 0.276. The lowest BCUT2D eigenvalue weighted by Crippen LogP contribution is -2.49. The standard InChI is InChI=1S/C29H28Cl2N2O3S/c1-35-23-9-5-7-21(17-23)25(36-19-20-6-4-8-22(30)16-20)18-32-12-14-33(15-13-32)29(34)28-27(31)24-10-2-3-11-26(24)37-28/h2-11,16-17,25H,12-15,18-19H2,1H3. The Morgan fingerprint density at radius 3 is 2.51 bits per heavy atom. The summed E-state index contributed by atoms with van der Waals surface area (Å²) in [6, 6.07) is 23.6. The first-order valence-electron chi connectivity index (χ1n) is 12.2. The van der Waals surface area contributed by atoms with Crippen molar-refractivity contribution in [3.63, 3.8) is 0 Å². The van der Waals surface area contributed by atoms with E-state index in [4.69, 9.17) is 32.7 Å². The van der Waals surface area contributed by atoms with Gasteiger partial charge in [-0.15, -0.1) is 11.3 Å². The van der Waals surface area contributed by atoms with Crippen molar-refractivity contribution in [2.45, 2.75) is 12.7 Å². The van der Waals surface area contributed by atoms with E-state index in [0.29, 0.717) is 41.2 Å². The van der Waals surface area contributed by atoms with Gasteiger partial charge >= 0.3 is 0 Å². The van der Waals surface area contributed by atoms with E-state index in [9.17, 15) is 4.79 Å². The molecule has 1 aliphatic rings. The number of methoxy groups -OCH3 is 1. The van der Waals surface area contributed by atoms with Gasteiger partial charge < -0.3 is 14.4 Å². The summed E-state index contributed by atoms with van der Waals surface area (Å²) < 4.78 is 12.9. The van der Waals surface area contributed by atoms with Crippen molar-refractivity contribution in [1.82, 2.24) is 9.80 Å². The molecule has 1 atom stereocenters. The van der Waals surface area contributed by atoms with E-state index in [2.05, 4.69) is 11.0 Å². The van der Waals surface area contributed by atoms with Crippen molar-refractivity contribution >= 4 is 50.5 Å². The minimum atomic E-state index is -0.159. The summed E-state index contributed by atoms with van der Waals surface area (Å²) in [5.41, 5.74) is 2.08. The summed E-state index contributed by atoms with van der Waals surface area (Å²) in [7, 11) is 1.67. The number of piperazine rings is 1. The number of hydrogen-bond acceptors (Lipinski definition) is 5. The number of thiophene rings is 1. The predicted molar refractivity (Wildman–Crippen MR) is 151 cm³/mol. The third-order valence-electron chi connectivity index (χ3n) is 6.62. The summed E-state index contributed by atoms with van der Waals surface area (Å²) in [5, 5.41) is 2.19. The molecule has 3 aromatic carbocycles.